The molecule has 0 saturated heterocycles. The molecule has 0 amide bonds. The van der Waals surface area contributed by atoms with Gasteiger partial charge in [-0.25, -0.2) is 0 Å². The zero-order valence-corrected chi connectivity index (χ0v) is 11.2. The summed E-state index contributed by atoms with van der Waals surface area (Å²) in [6, 6.07) is 9.29. The first kappa shape index (κ1) is 12.6. The summed E-state index contributed by atoms with van der Waals surface area (Å²) in [5, 5.41) is 0. The van der Waals surface area contributed by atoms with Crippen LogP contribution in [0.2, 0.25) is 0 Å². The lowest BCUT2D eigenvalue weighted by molar-refractivity contribution is 0.414. The maximum atomic E-state index is 6.14. The third kappa shape index (κ3) is 3.10. The van der Waals surface area contributed by atoms with E-state index in [1.165, 1.54) is 24.8 Å². The van der Waals surface area contributed by atoms with E-state index in [1.807, 2.05) is 0 Å². The van der Waals surface area contributed by atoms with E-state index in [-0.39, 0.29) is 0 Å². The van der Waals surface area contributed by atoms with Crippen molar-refractivity contribution in [1.29, 1.82) is 0 Å². The third-order valence-electron chi connectivity index (χ3n) is 4.20. The highest BCUT2D eigenvalue weighted by Crippen LogP contribution is 2.38. The molecular weight excluding hydrogens is 206 g/mol. The number of benzene rings is 1. The molecule has 1 heteroatoms. The molecule has 1 nitrogen and oxygen atoms in total. The van der Waals surface area contributed by atoms with E-state index in [4.69, 9.17) is 5.73 Å². The normalized spacial score (nSPS) is 18.1. The lowest BCUT2D eigenvalue weighted by Gasteiger charge is -2.28. The average molecular weight is 231 g/mol. The third-order valence-corrected chi connectivity index (χ3v) is 4.20. The molecule has 1 aliphatic carbocycles. The van der Waals surface area contributed by atoms with Gasteiger partial charge in [-0.1, -0.05) is 44.5 Å². The summed E-state index contributed by atoms with van der Waals surface area (Å²) in [4.78, 5) is 0. The first-order chi connectivity index (χ1) is 8.18. The molecule has 2 N–H and O–H groups in total. The van der Waals surface area contributed by atoms with Crippen LogP contribution in [0.5, 0.6) is 0 Å². The molecule has 1 unspecified atom stereocenters. The minimum Gasteiger partial charge on any atom is -0.327 e. The maximum Gasteiger partial charge on any atom is 0.00650 e. The monoisotopic (exact) mass is 231 g/mol. The van der Waals surface area contributed by atoms with E-state index < -0.39 is 0 Å². The van der Waals surface area contributed by atoms with Crippen molar-refractivity contribution in [2.24, 2.45) is 11.7 Å². The summed E-state index contributed by atoms with van der Waals surface area (Å²) in [5.74, 6) is 1.42. The Morgan fingerprint density at radius 3 is 2.53 bits per heavy atom. The molecule has 2 rings (SSSR count). The van der Waals surface area contributed by atoms with Crippen LogP contribution in [0.3, 0.4) is 0 Å². The minimum absolute atomic E-state index is 0.337. The number of nitrogens with two attached hydrogens (primary N) is 1. The van der Waals surface area contributed by atoms with Crippen LogP contribution in [0.15, 0.2) is 24.3 Å². The molecule has 1 fully saturated rings. The molecular formula is C16H25N. The predicted octanol–water partition coefficient (Wildman–Crippen LogP) is 3.87. The van der Waals surface area contributed by atoms with Crippen LogP contribution < -0.4 is 5.73 Å². The highest BCUT2D eigenvalue weighted by atomic mass is 14.6. The van der Waals surface area contributed by atoms with E-state index in [0.29, 0.717) is 12.0 Å². The van der Waals surface area contributed by atoms with Crippen molar-refractivity contribution in [1.82, 2.24) is 0 Å². The summed E-state index contributed by atoms with van der Waals surface area (Å²) in [6.07, 6.45) is 6.43. The standard InChI is InChI=1S/C16H25N/c1-12(2)16(17)11-10-14-6-3-4-9-15(14)13-7-5-8-13/h3-4,6,9,12-13,16H,5,7-8,10-11,17H2,1-2H3. The predicted molar refractivity (Wildman–Crippen MR) is 74.2 cm³/mol. The minimum atomic E-state index is 0.337. The van der Waals surface area contributed by atoms with Crippen LogP contribution in [0.1, 0.15) is 56.6 Å². The van der Waals surface area contributed by atoms with E-state index in [1.54, 1.807) is 5.56 Å². The van der Waals surface area contributed by atoms with E-state index in [0.717, 1.165) is 18.8 Å². The first-order valence-electron chi connectivity index (χ1n) is 7.02. The second-order valence-corrected chi connectivity index (χ2v) is 5.77. The lowest BCUT2D eigenvalue weighted by atomic mass is 9.77. The van der Waals surface area contributed by atoms with Crippen molar-refractivity contribution in [2.45, 2.75) is 57.9 Å². The zero-order chi connectivity index (χ0) is 12.3. The fourth-order valence-electron chi connectivity index (χ4n) is 2.53. The van der Waals surface area contributed by atoms with Crippen LogP contribution in [0, 0.1) is 5.92 Å². The van der Waals surface area contributed by atoms with E-state index in [9.17, 15) is 0 Å². The van der Waals surface area contributed by atoms with Gasteiger partial charge >= 0.3 is 0 Å². The Morgan fingerprint density at radius 2 is 1.94 bits per heavy atom. The quantitative estimate of drug-likeness (QED) is 0.818. The Morgan fingerprint density at radius 1 is 1.24 bits per heavy atom. The van der Waals surface area contributed by atoms with Crippen molar-refractivity contribution < 1.29 is 0 Å². The Labute approximate surface area is 105 Å². The molecule has 1 aliphatic rings. The van der Waals surface area contributed by atoms with Gasteiger partial charge in [0.2, 0.25) is 0 Å². The van der Waals surface area contributed by atoms with Gasteiger partial charge in [0.1, 0.15) is 0 Å². The van der Waals surface area contributed by atoms with Crippen LogP contribution in [0.25, 0.3) is 0 Å². The Hall–Kier alpha value is -0.820. The van der Waals surface area contributed by atoms with Gasteiger partial charge in [0, 0.05) is 6.04 Å². The fraction of sp³-hybridized carbons (Fsp3) is 0.625. The van der Waals surface area contributed by atoms with E-state index >= 15 is 0 Å². The summed E-state index contributed by atoms with van der Waals surface area (Å²) >= 11 is 0. The van der Waals surface area contributed by atoms with Crippen molar-refractivity contribution in [3.8, 4) is 0 Å². The van der Waals surface area contributed by atoms with Crippen LogP contribution in [-0.2, 0) is 6.42 Å². The smallest absolute Gasteiger partial charge is 0.00650 e. The number of hydrogen-bond acceptors (Lipinski definition) is 1. The van der Waals surface area contributed by atoms with E-state index in [2.05, 4.69) is 38.1 Å². The molecule has 1 aromatic rings. The van der Waals surface area contributed by atoms with Gasteiger partial charge < -0.3 is 5.73 Å². The van der Waals surface area contributed by atoms with Crippen molar-refractivity contribution in [3.05, 3.63) is 35.4 Å². The molecule has 1 saturated carbocycles. The molecule has 1 aromatic carbocycles. The van der Waals surface area contributed by atoms with Crippen LogP contribution >= 0.6 is 0 Å². The number of hydrogen-bond donors (Lipinski definition) is 1. The van der Waals surface area contributed by atoms with Crippen molar-refractivity contribution in [3.63, 3.8) is 0 Å². The van der Waals surface area contributed by atoms with Gasteiger partial charge in [0.05, 0.1) is 0 Å². The second-order valence-electron chi connectivity index (χ2n) is 5.77. The molecule has 1 atom stereocenters. The molecule has 0 heterocycles. The van der Waals surface area contributed by atoms with Crippen molar-refractivity contribution >= 4 is 0 Å². The van der Waals surface area contributed by atoms with Gasteiger partial charge in [0.15, 0.2) is 0 Å². The van der Waals surface area contributed by atoms with Gasteiger partial charge in [0.25, 0.3) is 0 Å². The molecule has 0 spiro atoms. The fourth-order valence-corrected chi connectivity index (χ4v) is 2.53. The molecule has 0 aromatic heterocycles. The first-order valence-corrected chi connectivity index (χ1v) is 7.02. The summed E-state index contributed by atoms with van der Waals surface area (Å²) < 4.78 is 0. The summed E-state index contributed by atoms with van der Waals surface area (Å²) in [6.45, 7) is 4.42. The Balaban J connectivity index is 1.99. The molecule has 0 bridgehead atoms. The highest BCUT2D eigenvalue weighted by molar-refractivity contribution is 5.31. The molecule has 17 heavy (non-hydrogen) atoms. The summed E-state index contributed by atoms with van der Waals surface area (Å²) in [7, 11) is 0. The topological polar surface area (TPSA) is 26.0 Å². The number of aryl methyl sites for hydroxylation is 1. The van der Waals surface area contributed by atoms with Gasteiger partial charge in [-0.15, -0.1) is 0 Å². The van der Waals surface area contributed by atoms with Gasteiger partial charge in [-0.05, 0) is 48.6 Å². The maximum absolute atomic E-state index is 6.14. The lowest BCUT2D eigenvalue weighted by Crippen LogP contribution is -2.27. The van der Waals surface area contributed by atoms with Crippen LogP contribution in [0.4, 0.5) is 0 Å². The summed E-state index contributed by atoms with van der Waals surface area (Å²) in [5.41, 5.74) is 9.26. The Kier molecular flexibility index (Phi) is 4.22. The molecule has 94 valence electrons. The Bertz CT molecular complexity index is 352. The highest BCUT2D eigenvalue weighted by Gasteiger charge is 2.21. The van der Waals surface area contributed by atoms with Gasteiger partial charge in [-0.3, -0.25) is 0 Å². The second kappa shape index (κ2) is 5.68. The zero-order valence-electron chi connectivity index (χ0n) is 11.2. The average Bonchev–Trinajstić information content (AvgIpc) is 2.25. The van der Waals surface area contributed by atoms with Gasteiger partial charge in [-0.2, -0.15) is 0 Å². The molecule has 0 aliphatic heterocycles. The van der Waals surface area contributed by atoms with Crippen molar-refractivity contribution in [2.75, 3.05) is 0 Å². The SMILES string of the molecule is CC(C)C(N)CCc1ccccc1C1CCC1. The molecule has 0 radical (unpaired) electrons. The number of rotatable bonds is 5. The largest absolute Gasteiger partial charge is 0.327 e. The van der Waals surface area contributed by atoms with Crippen LogP contribution in [-0.4, -0.2) is 6.04 Å².